The summed E-state index contributed by atoms with van der Waals surface area (Å²) >= 11 is 6.68. The molecule has 178 valence electrons. The first-order valence-electron chi connectivity index (χ1n) is 12.1. The summed E-state index contributed by atoms with van der Waals surface area (Å²) in [7, 11) is 0. The zero-order valence-electron chi connectivity index (χ0n) is 19.2. The molecule has 2 unspecified atom stereocenters. The van der Waals surface area contributed by atoms with E-state index >= 15 is 0 Å². The number of nitriles is 1. The second-order valence-electron chi connectivity index (χ2n) is 9.80. The molecule has 0 amide bonds. The quantitative estimate of drug-likeness (QED) is 0.584. The van der Waals surface area contributed by atoms with Crippen molar-refractivity contribution in [2.75, 3.05) is 31.1 Å². The van der Waals surface area contributed by atoms with E-state index in [4.69, 9.17) is 21.8 Å². The van der Waals surface area contributed by atoms with Crippen molar-refractivity contribution in [2.24, 2.45) is 11.8 Å². The van der Waals surface area contributed by atoms with E-state index in [-0.39, 0.29) is 16.1 Å². The van der Waals surface area contributed by atoms with Crippen molar-refractivity contribution in [1.82, 2.24) is 14.9 Å². The van der Waals surface area contributed by atoms with Crippen LogP contribution in [0, 0.1) is 29.0 Å². The molecule has 6 nitrogen and oxygen atoms in total. The largest absolute Gasteiger partial charge is 0.355 e. The van der Waals surface area contributed by atoms with Gasteiger partial charge in [0, 0.05) is 18.7 Å². The van der Waals surface area contributed by atoms with Gasteiger partial charge in [-0.1, -0.05) is 23.7 Å². The fourth-order valence-electron chi connectivity index (χ4n) is 5.42. The Labute approximate surface area is 208 Å². The molecule has 2 aliphatic heterocycles. The molecular weight excluding hydrogens is 465 g/mol. The lowest BCUT2D eigenvalue weighted by molar-refractivity contribution is 0.347. The number of rotatable bonds is 4. The Morgan fingerprint density at radius 2 is 1.86 bits per heavy atom. The maximum absolute atomic E-state index is 14.6. The zero-order chi connectivity index (χ0) is 24.1. The highest BCUT2D eigenvalue weighted by Crippen LogP contribution is 2.40. The highest BCUT2D eigenvalue weighted by molar-refractivity contribution is 6.32. The van der Waals surface area contributed by atoms with Gasteiger partial charge in [0.25, 0.3) is 5.56 Å². The molecule has 3 fully saturated rings. The van der Waals surface area contributed by atoms with Crippen LogP contribution in [0.25, 0.3) is 17.1 Å². The van der Waals surface area contributed by atoms with E-state index in [1.807, 2.05) is 30.3 Å². The molecule has 1 N–H and O–H groups in total. The minimum absolute atomic E-state index is 0.0542. The molecular formula is C27H25ClFN5O. The van der Waals surface area contributed by atoms with E-state index in [1.165, 1.54) is 35.1 Å². The zero-order valence-corrected chi connectivity index (χ0v) is 19.9. The van der Waals surface area contributed by atoms with Crippen molar-refractivity contribution in [3.8, 4) is 23.1 Å². The SMILES string of the molecule is N#Cc1ccc(-c2nc(N3CCC4CNCC4C3)c(Cl)c(=O)n2-c2ccc(C3CC3)cc2)cc1F. The molecule has 0 radical (unpaired) electrons. The topological polar surface area (TPSA) is 74.0 Å². The Balaban J connectivity index is 1.49. The van der Waals surface area contributed by atoms with Crippen LogP contribution >= 0.6 is 11.6 Å². The number of fused-ring (bicyclic) bond motifs is 1. The highest BCUT2D eigenvalue weighted by Gasteiger charge is 2.35. The van der Waals surface area contributed by atoms with Gasteiger partial charge in [0.1, 0.15) is 22.7 Å². The molecule has 1 aliphatic carbocycles. The number of hydrogen-bond acceptors (Lipinski definition) is 5. The van der Waals surface area contributed by atoms with Crippen molar-refractivity contribution >= 4 is 17.4 Å². The van der Waals surface area contributed by atoms with Gasteiger partial charge in [-0.2, -0.15) is 5.26 Å². The summed E-state index contributed by atoms with van der Waals surface area (Å²) in [6.45, 7) is 3.49. The lowest BCUT2D eigenvalue weighted by Crippen LogP contribution is -2.41. The average Bonchev–Trinajstić information content (AvgIpc) is 3.62. The second kappa shape index (κ2) is 8.78. The first-order valence-corrected chi connectivity index (χ1v) is 12.5. The Kier molecular flexibility index (Phi) is 5.58. The minimum atomic E-state index is -0.649. The van der Waals surface area contributed by atoms with Gasteiger partial charge < -0.3 is 10.2 Å². The lowest BCUT2D eigenvalue weighted by atomic mass is 9.89. The van der Waals surface area contributed by atoms with E-state index < -0.39 is 5.82 Å². The number of nitrogens with one attached hydrogen (secondary N) is 1. The van der Waals surface area contributed by atoms with E-state index in [1.54, 1.807) is 6.07 Å². The summed E-state index contributed by atoms with van der Waals surface area (Å²) in [6, 6.07) is 14.0. The predicted octanol–water partition coefficient (Wildman–Crippen LogP) is 4.49. The Bertz CT molecular complexity index is 1390. The highest BCUT2D eigenvalue weighted by atomic mass is 35.5. The molecule has 3 aliphatic rings. The fraction of sp³-hybridized carbons (Fsp3) is 0.370. The fourth-order valence-corrected chi connectivity index (χ4v) is 5.66. The van der Waals surface area contributed by atoms with Crippen LogP contribution in [0.4, 0.5) is 10.2 Å². The Morgan fingerprint density at radius 1 is 1.09 bits per heavy atom. The molecule has 3 heterocycles. The van der Waals surface area contributed by atoms with Gasteiger partial charge in [-0.15, -0.1) is 0 Å². The molecule has 0 spiro atoms. The maximum Gasteiger partial charge on any atom is 0.279 e. The molecule has 6 rings (SSSR count). The third-order valence-corrected chi connectivity index (χ3v) is 7.89. The van der Waals surface area contributed by atoms with Crippen molar-refractivity contribution in [3.05, 3.63) is 74.8 Å². The van der Waals surface area contributed by atoms with Gasteiger partial charge >= 0.3 is 0 Å². The summed E-state index contributed by atoms with van der Waals surface area (Å²) in [6.07, 6.45) is 3.37. The number of anilines is 1. The van der Waals surface area contributed by atoms with Crippen molar-refractivity contribution in [1.29, 1.82) is 5.26 Å². The monoisotopic (exact) mass is 489 g/mol. The number of piperidine rings is 1. The summed E-state index contributed by atoms with van der Waals surface area (Å²) in [5, 5.41) is 12.7. The van der Waals surface area contributed by atoms with Crippen molar-refractivity contribution in [3.63, 3.8) is 0 Å². The van der Waals surface area contributed by atoms with Crippen LogP contribution in [0.2, 0.25) is 5.02 Å². The number of hydrogen-bond donors (Lipinski definition) is 1. The third kappa shape index (κ3) is 4.01. The molecule has 1 saturated carbocycles. The number of benzene rings is 2. The molecule has 2 saturated heterocycles. The number of aromatic nitrogens is 2. The maximum atomic E-state index is 14.6. The van der Waals surface area contributed by atoms with Crippen LogP contribution < -0.4 is 15.8 Å². The third-order valence-electron chi connectivity index (χ3n) is 7.56. The van der Waals surface area contributed by atoms with E-state index in [0.717, 1.165) is 32.6 Å². The first-order chi connectivity index (χ1) is 17.0. The van der Waals surface area contributed by atoms with E-state index in [9.17, 15) is 9.18 Å². The van der Waals surface area contributed by atoms with Crippen molar-refractivity contribution < 1.29 is 4.39 Å². The van der Waals surface area contributed by atoms with E-state index in [0.29, 0.717) is 40.6 Å². The van der Waals surface area contributed by atoms with E-state index in [2.05, 4.69) is 10.2 Å². The Morgan fingerprint density at radius 3 is 2.57 bits per heavy atom. The Hall–Kier alpha value is -3.21. The lowest BCUT2D eigenvalue weighted by Gasteiger charge is -2.35. The molecule has 1 aromatic heterocycles. The summed E-state index contributed by atoms with van der Waals surface area (Å²) in [5.41, 5.74) is 1.85. The van der Waals surface area contributed by atoms with Crippen LogP contribution in [0.3, 0.4) is 0 Å². The number of halogens is 2. The second-order valence-corrected chi connectivity index (χ2v) is 10.2. The molecule has 8 heteroatoms. The summed E-state index contributed by atoms with van der Waals surface area (Å²) in [4.78, 5) is 20.7. The predicted molar refractivity (Wildman–Crippen MR) is 134 cm³/mol. The first kappa shape index (κ1) is 22.3. The summed E-state index contributed by atoms with van der Waals surface area (Å²) < 4.78 is 16.1. The van der Waals surface area contributed by atoms with Crippen molar-refractivity contribution in [2.45, 2.75) is 25.2 Å². The van der Waals surface area contributed by atoms with Crippen LogP contribution in [0.15, 0.2) is 47.3 Å². The van der Waals surface area contributed by atoms with Gasteiger partial charge in [-0.3, -0.25) is 9.36 Å². The van der Waals surface area contributed by atoms with Crippen LogP contribution in [0.5, 0.6) is 0 Å². The normalized spacial score (nSPS) is 21.6. The molecule has 2 atom stereocenters. The van der Waals surface area contributed by atoms with Gasteiger partial charge in [-0.25, -0.2) is 9.37 Å². The van der Waals surface area contributed by atoms with Crippen LogP contribution in [-0.4, -0.2) is 35.7 Å². The summed E-state index contributed by atoms with van der Waals surface area (Å²) in [5.74, 6) is 1.79. The molecule has 35 heavy (non-hydrogen) atoms. The molecule has 3 aromatic rings. The van der Waals surface area contributed by atoms with Gasteiger partial charge in [-0.05, 0) is 86.0 Å². The average molecular weight is 490 g/mol. The van der Waals surface area contributed by atoms with Crippen LogP contribution in [-0.2, 0) is 0 Å². The van der Waals surface area contributed by atoms with Gasteiger partial charge in [0.2, 0.25) is 0 Å². The molecule has 2 aromatic carbocycles. The van der Waals surface area contributed by atoms with Gasteiger partial charge in [0.05, 0.1) is 11.3 Å². The molecule has 0 bridgehead atoms. The number of nitrogens with zero attached hydrogens (tertiary/aromatic N) is 4. The standard InChI is InChI=1S/C27H25ClFN5O/c28-24-26(33-10-9-20-13-31-14-21(20)15-33)32-25(18-3-4-19(12-30)23(29)11-18)34(27(24)35)22-7-5-17(6-8-22)16-1-2-16/h3-8,11,16,20-21,31H,1-2,9-10,13-15H2. The smallest absolute Gasteiger partial charge is 0.279 e. The van der Waals surface area contributed by atoms with Gasteiger partial charge in [0.15, 0.2) is 5.82 Å². The minimum Gasteiger partial charge on any atom is -0.355 e. The van der Waals surface area contributed by atoms with Crippen LogP contribution in [0.1, 0.15) is 36.3 Å².